The number of non-ortho nitro benzene ring substituents is 1. The lowest BCUT2D eigenvalue weighted by atomic mass is 10.2. The zero-order chi connectivity index (χ0) is 14.0. The number of nitrogen functional groups attached to an aromatic ring is 1. The lowest BCUT2D eigenvalue weighted by Crippen LogP contribution is -1.98. The Hall–Kier alpha value is -2.18. The van der Waals surface area contributed by atoms with Gasteiger partial charge in [-0.3, -0.25) is 10.1 Å². The predicted molar refractivity (Wildman–Crippen MR) is 81.2 cm³/mol. The van der Waals surface area contributed by atoms with E-state index in [1.54, 1.807) is 6.07 Å². The van der Waals surface area contributed by atoms with E-state index in [1.165, 1.54) is 30.3 Å². The molecule has 6 nitrogen and oxygen atoms in total. The molecule has 20 heavy (non-hydrogen) atoms. The van der Waals surface area contributed by atoms with Crippen LogP contribution in [0.25, 0.3) is 0 Å². The van der Waals surface area contributed by atoms with Gasteiger partial charge in [0.15, 0.2) is 0 Å². The molecule has 0 unspecified atom stereocenters. The van der Waals surface area contributed by atoms with Gasteiger partial charge < -0.3 is 16.2 Å². The summed E-state index contributed by atoms with van der Waals surface area (Å²) in [5.41, 5.74) is 6.63. The molecule has 0 atom stereocenters. The van der Waals surface area contributed by atoms with E-state index in [2.05, 4.69) is 5.32 Å². The van der Waals surface area contributed by atoms with Crippen LogP contribution in [0.1, 0.15) is 0 Å². The molecule has 0 aliphatic rings. The van der Waals surface area contributed by atoms with Crippen LogP contribution in [0.3, 0.4) is 0 Å². The number of phenols is 1. The van der Waals surface area contributed by atoms with Crippen molar-refractivity contribution >= 4 is 46.8 Å². The van der Waals surface area contributed by atoms with Crippen LogP contribution >= 0.6 is 24.0 Å². The van der Waals surface area contributed by atoms with Gasteiger partial charge in [0.05, 0.1) is 22.0 Å². The third-order valence-corrected chi connectivity index (χ3v) is 2.71. The minimum atomic E-state index is -0.531. The Labute approximate surface area is 125 Å². The Morgan fingerprint density at radius 2 is 1.90 bits per heavy atom. The van der Waals surface area contributed by atoms with Gasteiger partial charge in [0.25, 0.3) is 5.69 Å². The van der Waals surface area contributed by atoms with E-state index in [1.807, 2.05) is 0 Å². The maximum absolute atomic E-state index is 10.6. The molecule has 2 aromatic carbocycles. The summed E-state index contributed by atoms with van der Waals surface area (Å²) in [4.78, 5) is 10.1. The smallest absolute Gasteiger partial charge is 0.271 e. The molecule has 0 aromatic heterocycles. The zero-order valence-electron chi connectivity index (χ0n) is 10.0. The van der Waals surface area contributed by atoms with E-state index in [0.29, 0.717) is 16.4 Å². The predicted octanol–water partition coefficient (Wildman–Crippen LogP) is 3.70. The van der Waals surface area contributed by atoms with Crippen LogP contribution in [0.2, 0.25) is 5.02 Å². The number of nitrogens with two attached hydrogens (primary N) is 1. The first kappa shape index (κ1) is 15.9. The highest BCUT2D eigenvalue weighted by atomic mass is 35.5. The van der Waals surface area contributed by atoms with Gasteiger partial charge in [-0.05, 0) is 24.3 Å². The van der Waals surface area contributed by atoms with Crippen molar-refractivity contribution in [2.75, 3.05) is 11.1 Å². The Bertz CT molecular complexity index is 650. The lowest BCUT2D eigenvalue weighted by Gasteiger charge is -2.10. The second-order valence-electron chi connectivity index (χ2n) is 3.82. The van der Waals surface area contributed by atoms with Gasteiger partial charge in [0.1, 0.15) is 5.75 Å². The highest BCUT2D eigenvalue weighted by molar-refractivity contribution is 6.31. The van der Waals surface area contributed by atoms with Gasteiger partial charge in [-0.1, -0.05) is 11.6 Å². The number of nitrogens with zero attached hydrogens (tertiary/aromatic N) is 1. The topological polar surface area (TPSA) is 101 Å². The average molecular weight is 316 g/mol. The van der Waals surface area contributed by atoms with Gasteiger partial charge in [-0.2, -0.15) is 0 Å². The van der Waals surface area contributed by atoms with Gasteiger partial charge in [0.2, 0.25) is 0 Å². The molecule has 2 aromatic rings. The molecule has 0 aliphatic heterocycles. The molecule has 106 valence electrons. The normalized spacial score (nSPS) is 9.65. The molecule has 0 fully saturated rings. The molecule has 0 bridgehead atoms. The van der Waals surface area contributed by atoms with Crippen LogP contribution in [0, 0.1) is 10.1 Å². The van der Waals surface area contributed by atoms with Crippen LogP contribution in [0.4, 0.5) is 22.7 Å². The number of hydrogen-bond donors (Lipinski definition) is 3. The second kappa shape index (κ2) is 6.31. The van der Waals surface area contributed by atoms with Crippen molar-refractivity contribution in [3.05, 3.63) is 51.5 Å². The fraction of sp³-hybridized carbons (Fsp3) is 0. The number of rotatable bonds is 3. The van der Waals surface area contributed by atoms with Crippen molar-refractivity contribution in [3.8, 4) is 5.75 Å². The highest BCUT2D eigenvalue weighted by Crippen LogP contribution is 2.32. The number of nitrogens with one attached hydrogen (secondary N) is 1. The van der Waals surface area contributed by atoms with E-state index < -0.39 is 4.92 Å². The number of aromatic hydroxyl groups is 1. The van der Waals surface area contributed by atoms with Crippen molar-refractivity contribution in [2.45, 2.75) is 0 Å². The number of nitro groups is 1. The number of phenolic OH excluding ortho intramolecular Hbond substituents is 1. The molecule has 2 rings (SSSR count). The minimum absolute atomic E-state index is 0. The quantitative estimate of drug-likeness (QED) is 0.347. The number of hydrogen-bond acceptors (Lipinski definition) is 5. The second-order valence-corrected chi connectivity index (χ2v) is 4.25. The summed E-state index contributed by atoms with van der Waals surface area (Å²) in [6, 6.07) is 8.53. The number of anilines is 3. The summed E-state index contributed by atoms with van der Waals surface area (Å²) in [7, 11) is 0. The molecule has 0 spiro atoms. The van der Waals surface area contributed by atoms with E-state index in [-0.39, 0.29) is 29.5 Å². The fourth-order valence-corrected chi connectivity index (χ4v) is 1.70. The monoisotopic (exact) mass is 315 g/mol. The maximum Gasteiger partial charge on any atom is 0.271 e. The first-order valence-corrected chi connectivity index (χ1v) is 5.64. The summed E-state index contributed by atoms with van der Waals surface area (Å²) in [6.45, 7) is 0. The van der Waals surface area contributed by atoms with E-state index >= 15 is 0 Å². The van der Waals surface area contributed by atoms with Crippen molar-refractivity contribution in [1.29, 1.82) is 0 Å². The van der Waals surface area contributed by atoms with Gasteiger partial charge >= 0.3 is 0 Å². The third-order valence-electron chi connectivity index (χ3n) is 2.47. The first-order valence-electron chi connectivity index (χ1n) is 5.27. The summed E-state index contributed by atoms with van der Waals surface area (Å²) < 4.78 is 0. The summed E-state index contributed by atoms with van der Waals surface area (Å²) in [5.74, 6) is 0.00199. The fourth-order valence-electron chi connectivity index (χ4n) is 1.53. The van der Waals surface area contributed by atoms with Crippen LogP contribution in [-0.4, -0.2) is 10.0 Å². The average Bonchev–Trinajstić information content (AvgIpc) is 2.36. The lowest BCUT2D eigenvalue weighted by molar-refractivity contribution is -0.384. The Balaban J connectivity index is 0.00000200. The van der Waals surface area contributed by atoms with Crippen LogP contribution in [-0.2, 0) is 0 Å². The molecule has 4 N–H and O–H groups in total. The van der Waals surface area contributed by atoms with Gasteiger partial charge in [-0.25, -0.2) is 0 Å². The summed E-state index contributed by atoms with van der Waals surface area (Å²) in [6.07, 6.45) is 0. The number of benzene rings is 2. The summed E-state index contributed by atoms with van der Waals surface area (Å²) >= 11 is 5.82. The van der Waals surface area contributed by atoms with Gasteiger partial charge in [-0.15, -0.1) is 12.4 Å². The van der Waals surface area contributed by atoms with Crippen LogP contribution in [0.5, 0.6) is 5.75 Å². The molecule has 0 aliphatic carbocycles. The molecule has 0 saturated heterocycles. The van der Waals surface area contributed by atoms with Crippen molar-refractivity contribution in [3.63, 3.8) is 0 Å². The zero-order valence-corrected chi connectivity index (χ0v) is 11.6. The third kappa shape index (κ3) is 3.43. The number of halogens is 2. The van der Waals surface area contributed by atoms with Crippen LogP contribution < -0.4 is 11.1 Å². The van der Waals surface area contributed by atoms with Crippen molar-refractivity contribution in [1.82, 2.24) is 0 Å². The van der Waals surface area contributed by atoms with Crippen LogP contribution in [0.15, 0.2) is 36.4 Å². The molecule has 0 heterocycles. The Kier molecular flexibility index (Phi) is 5.01. The Morgan fingerprint density at radius 1 is 1.20 bits per heavy atom. The molecule has 8 heteroatoms. The largest absolute Gasteiger partial charge is 0.506 e. The molecular weight excluding hydrogens is 305 g/mol. The molecular formula is C12H11Cl2N3O3. The SMILES string of the molecule is Cl.Nc1cc([N+](=O)[O-])ccc1Nc1cc(Cl)ccc1O. The van der Waals surface area contributed by atoms with E-state index in [0.717, 1.165) is 0 Å². The molecule has 0 radical (unpaired) electrons. The number of nitro benzene ring substituents is 1. The van der Waals surface area contributed by atoms with Crippen molar-refractivity contribution in [2.24, 2.45) is 0 Å². The van der Waals surface area contributed by atoms with E-state index in [4.69, 9.17) is 17.3 Å². The highest BCUT2D eigenvalue weighted by Gasteiger charge is 2.10. The first-order chi connectivity index (χ1) is 8.97. The Morgan fingerprint density at radius 3 is 2.50 bits per heavy atom. The minimum Gasteiger partial charge on any atom is -0.506 e. The van der Waals surface area contributed by atoms with Gasteiger partial charge in [0, 0.05) is 17.2 Å². The maximum atomic E-state index is 10.6. The van der Waals surface area contributed by atoms with E-state index in [9.17, 15) is 15.2 Å². The standard InChI is InChI=1S/C12H10ClN3O3.ClH/c13-7-1-4-12(17)11(5-7)15-10-3-2-8(16(18)19)6-9(10)14;/h1-6,15,17H,14H2;1H. The molecule has 0 saturated carbocycles. The summed E-state index contributed by atoms with van der Waals surface area (Å²) in [5, 5.41) is 23.6. The molecule has 0 amide bonds. The van der Waals surface area contributed by atoms with Crippen molar-refractivity contribution < 1.29 is 10.0 Å².